The van der Waals surface area contributed by atoms with Crippen molar-refractivity contribution in [2.24, 2.45) is 56.7 Å². The molecule has 5 saturated carbocycles. The van der Waals surface area contributed by atoms with E-state index in [4.69, 9.17) is 0 Å². The molecule has 0 amide bonds. The molecule has 5 aliphatic carbocycles. The van der Waals surface area contributed by atoms with Gasteiger partial charge in [0.15, 0.2) is 0 Å². The van der Waals surface area contributed by atoms with E-state index >= 15 is 0 Å². The summed E-state index contributed by atoms with van der Waals surface area (Å²) in [5, 5.41) is 10.5. The molecule has 0 radical (unpaired) electrons. The predicted octanol–water partition coefficient (Wildman–Crippen LogP) is 7.86. The Morgan fingerprint density at radius 1 is 0.633 bits per heavy atom. The van der Waals surface area contributed by atoms with Crippen molar-refractivity contribution < 1.29 is 5.11 Å². The van der Waals surface area contributed by atoms with Gasteiger partial charge in [0.25, 0.3) is 0 Å². The first kappa shape index (κ1) is 21.8. The molecule has 0 saturated heterocycles. The Hall–Kier alpha value is -0.0400. The van der Waals surface area contributed by atoms with Crippen LogP contribution in [0.25, 0.3) is 0 Å². The minimum atomic E-state index is -0.119. The van der Waals surface area contributed by atoms with Gasteiger partial charge in [-0.05, 0) is 128 Å². The SMILES string of the molecule is C[C@H](O)[C@@H]1CC[C@]2(C)[C@H]3CC[C@@H]4[C@@]5(C)CCCC(C)(C)[C@H]5CC[C@@]4(C)[C@]3(C)CC[C@@H]12. The predicted molar refractivity (Wildman–Crippen MR) is 126 cm³/mol. The number of rotatable bonds is 1. The fraction of sp³-hybridized carbons (Fsp3) is 1.00. The lowest BCUT2D eigenvalue weighted by molar-refractivity contribution is -0.241. The van der Waals surface area contributed by atoms with Crippen LogP contribution < -0.4 is 0 Å². The van der Waals surface area contributed by atoms with Crippen molar-refractivity contribution in [1.29, 1.82) is 0 Å². The molecule has 5 aliphatic rings. The molecule has 0 bridgehead atoms. The second kappa shape index (κ2) is 6.51. The van der Waals surface area contributed by atoms with E-state index in [0.29, 0.717) is 33.0 Å². The second-order valence-electron chi connectivity index (χ2n) is 14.6. The van der Waals surface area contributed by atoms with Gasteiger partial charge in [-0.25, -0.2) is 0 Å². The summed E-state index contributed by atoms with van der Waals surface area (Å²) in [7, 11) is 0. The average molecular weight is 415 g/mol. The summed E-state index contributed by atoms with van der Waals surface area (Å²) in [5.74, 6) is 4.02. The fourth-order valence-corrected chi connectivity index (χ4v) is 11.9. The largest absolute Gasteiger partial charge is 0.393 e. The Kier molecular flexibility index (Phi) is 4.73. The third kappa shape index (κ3) is 2.51. The zero-order chi connectivity index (χ0) is 21.7. The van der Waals surface area contributed by atoms with E-state index in [0.717, 1.165) is 23.7 Å². The van der Waals surface area contributed by atoms with E-state index < -0.39 is 0 Å². The van der Waals surface area contributed by atoms with E-state index in [1.807, 2.05) is 0 Å². The Bertz CT molecular complexity index is 694. The van der Waals surface area contributed by atoms with Crippen LogP contribution in [0, 0.1) is 56.7 Å². The van der Waals surface area contributed by atoms with Crippen molar-refractivity contribution in [2.45, 2.75) is 125 Å². The summed E-state index contributed by atoms with van der Waals surface area (Å²) in [6, 6.07) is 0. The van der Waals surface area contributed by atoms with Crippen LogP contribution in [0.15, 0.2) is 0 Å². The van der Waals surface area contributed by atoms with E-state index in [1.54, 1.807) is 0 Å². The third-order valence-corrected chi connectivity index (χ3v) is 13.4. The highest BCUT2D eigenvalue weighted by Crippen LogP contribution is 2.77. The molecule has 0 aromatic rings. The van der Waals surface area contributed by atoms with Crippen LogP contribution in [0.3, 0.4) is 0 Å². The van der Waals surface area contributed by atoms with Crippen LogP contribution in [0.1, 0.15) is 119 Å². The molecule has 5 rings (SSSR count). The second-order valence-corrected chi connectivity index (χ2v) is 14.6. The Morgan fingerprint density at radius 3 is 1.87 bits per heavy atom. The monoisotopic (exact) mass is 414 g/mol. The summed E-state index contributed by atoms with van der Waals surface area (Å²) in [6.07, 6.45) is 15.5. The molecular weight excluding hydrogens is 364 g/mol. The molecule has 172 valence electrons. The molecule has 0 aromatic carbocycles. The van der Waals surface area contributed by atoms with Crippen molar-refractivity contribution in [2.75, 3.05) is 0 Å². The van der Waals surface area contributed by atoms with Crippen LogP contribution in [0.4, 0.5) is 0 Å². The van der Waals surface area contributed by atoms with Gasteiger partial charge in [-0.1, -0.05) is 48.0 Å². The van der Waals surface area contributed by atoms with Gasteiger partial charge in [-0.2, -0.15) is 0 Å². The minimum Gasteiger partial charge on any atom is -0.393 e. The van der Waals surface area contributed by atoms with E-state index in [2.05, 4.69) is 48.5 Å². The Balaban J connectivity index is 1.52. The number of hydrogen-bond acceptors (Lipinski definition) is 1. The molecule has 0 spiro atoms. The maximum absolute atomic E-state index is 10.5. The quantitative estimate of drug-likeness (QED) is 0.463. The van der Waals surface area contributed by atoms with Crippen LogP contribution in [-0.4, -0.2) is 11.2 Å². The van der Waals surface area contributed by atoms with Crippen molar-refractivity contribution in [3.05, 3.63) is 0 Å². The zero-order valence-corrected chi connectivity index (χ0v) is 21.2. The summed E-state index contributed by atoms with van der Waals surface area (Å²) >= 11 is 0. The van der Waals surface area contributed by atoms with Gasteiger partial charge in [-0.15, -0.1) is 0 Å². The van der Waals surface area contributed by atoms with Crippen LogP contribution in [-0.2, 0) is 0 Å². The van der Waals surface area contributed by atoms with Gasteiger partial charge in [0.05, 0.1) is 6.10 Å². The molecule has 0 aromatic heterocycles. The number of hydrogen-bond donors (Lipinski definition) is 1. The topological polar surface area (TPSA) is 20.2 Å². The molecule has 5 fully saturated rings. The van der Waals surface area contributed by atoms with Crippen LogP contribution in [0.2, 0.25) is 0 Å². The van der Waals surface area contributed by atoms with Gasteiger partial charge < -0.3 is 5.11 Å². The average Bonchev–Trinajstić information content (AvgIpc) is 2.99. The van der Waals surface area contributed by atoms with Gasteiger partial charge >= 0.3 is 0 Å². The maximum atomic E-state index is 10.5. The van der Waals surface area contributed by atoms with Crippen LogP contribution in [0.5, 0.6) is 0 Å². The lowest BCUT2D eigenvalue weighted by Crippen LogP contribution is -2.65. The first-order valence-corrected chi connectivity index (χ1v) is 13.6. The van der Waals surface area contributed by atoms with Crippen molar-refractivity contribution in [3.63, 3.8) is 0 Å². The van der Waals surface area contributed by atoms with E-state index in [1.165, 1.54) is 70.6 Å². The lowest BCUT2D eigenvalue weighted by atomic mass is 9.32. The van der Waals surface area contributed by atoms with Gasteiger partial charge in [0.1, 0.15) is 0 Å². The summed E-state index contributed by atoms with van der Waals surface area (Å²) in [4.78, 5) is 0. The van der Waals surface area contributed by atoms with Crippen molar-refractivity contribution in [3.8, 4) is 0 Å². The van der Waals surface area contributed by atoms with E-state index in [-0.39, 0.29) is 6.10 Å². The van der Waals surface area contributed by atoms with Gasteiger partial charge in [0, 0.05) is 0 Å². The van der Waals surface area contributed by atoms with E-state index in [9.17, 15) is 5.11 Å². The van der Waals surface area contributed by atoms with Crippen LogP contribution >= 0.6 is 0 Å². The Morgan fingerprint density at radius 2 is 1.23 bits per heavy atom. The van der Waals surface area contributed by atoms with Gasteiger partial charge in [-0.3, -0.25) is 0 Å². The number of aliphatic hydroxyl groups excluding tert-OH is 1. The summed E-state index contributed by atoms with van der Waals surface area (Å²) < 4.78 is 0. The highest BCUT2D eigenvalue weighted by atomic mass is 16.3. The lowest BCUT2D eigenvalue weighted by Gasteiger charge is -2.73. The minimum absolute atomic E-state index is 0.119. The molecule has 30 heavy (non-hydrogen) atoms. The summed E-state index contributed by atoms with van der Waals surface area (Å²) in [6.45, 7) is 18.1. The van der Waals surface area contributed by atoms with Crippen molar-refractivity contribution >= 4 is 0 Å². The molecular formula is C29H50O. The molecule has 10 atom stereocenters. The smallest absolute Gasteiger partial charge is 0.0543 e. The fourth-order valence-electron chi connectivity index (χ4n) is 11.9. The van der Waals surface area contributed by atoms with Crippen molar-refractivity contribution in [1.82, 2.24) is 0 Å². The van der Waals surface area contributed by atoms with Gasteiger partial charge in [0.2, 0.25) is 0 Å². The maximum Gasteiger partial charge on any atom is 0.0543 e. The highest BCUT2D eigenvalue weighted by molar-refractivity contribution is 5.19. The molecule has 0 heterocycles. The first-order valence-electron chi connectivity index (χ1n) is 13.6. The highest BCUT2D eigenvalue weighted by Gasteiger charge is 2.70. The third-order valence-electron chi connectivity index (χ3n) is 13.4. The molecule has 0 aliphatic heterocycles. The normalized spacial score (nSPS) is 58.2. The molecule has 1 nitrogen and oxygen atoms in total. The molecule has 0 unspecified atom stereocenters. The molecule has 1 N–H and O–H groups in total. The number of aliphatic hydroxyl groups is 1. The first-order chi connectivity index (χ1) is 13.9. The Labute approximate surface area is 187 Å². The standard InChI is InChI=1S/C29H50O/c1-19(30)20-11-16-26(4)21(20)12-17-28(6)23(26)9-10-24-27(5)15-8-14-25(2,3)22(27)13-18-29(24,28)7/h19-24,30H,8-18H2,1-7H3/t19-,20-,21-,22+,23+,24+,26-,27-,28+,29+/m0/s1. The molecule has 1 heteroatoms. The number of fused-ring (bicyclic) bond motifs is 7. The zero-order valence-electron chi connectivity index (χ0n) is 21.2. The summed E-state index contributed by atoms with van der Waals surface area (Å²) in [5.41, 5.74) is 2.55.